The number of nitrogens with two attached hydrogens (primary N) is 1. The maximum atomic E-state index is 5.92. The van der Waals surface area contributed by atoms with E-state index in [1.165, 1.54) is 0 Å². The molecule has 16 heavy (non-hydrogen) atoms. The molecule has 3 nitrogen and oxygen atoms in total. The Labute approximate surface area is 104 Å². The summed E-state index contributed by atoms with van der Waals surface area (Å²) in [6.45, 7) is 2.56. The number of anilines is 1. The van der Waals surface area contributed by atoms with Crippen LogP contribution < -0.4 is 5.73 Å². The molecule has 0 aliphatic rings. The molecule has 2 N–H and O–H groups in total. The van der Waals surface area contributed by atoms with Gasteiger partial charge in [-0.1, -0.05) is 29.3 Å². The van der Waals surface area contributed by atoms with Gasteiger partial charge in [-0.2, -0.15) is 5.10 Å². The van der Waals surface area contributed by atoms with E-state index in [4.69, 9.17) is 28.9 Å². The van der Waals surface area contributed by atoms with Gasteiger partial charge >= 0.3 is 0 Å². The summed E-state index contributed by atoms with van der Waals surface area (Å²) < 4.78 is 1.82. The summed E-state index contributed by atoms with van der Waals surface area (Å²) in [5, 5.41) is 5.41. The molecule has 5 heteroatoms. The first-order valence-electron chi connectivity index (χ1n) is 4.79. The highest BCUT2D eigenvalue weighted by Gasteiger charge is 2.05. The minimum Gasteiger partial charge on any atom is -0.398 e. The van der Waals surface area contributed by atoms with E-state index in [9.17, 15) is 0 Å². The standard InChI is InChI=1S/C11H11Cl2N3/c1-7-10(13)5-15-16(7)6-8-2-3-9(12)11(14)4-8/h2-5H,6,14H2,1H3. The van der Waals surface area contributed by atoms with Crippen molar-refractivity contribution in [3.8, 4) is 0 Å². The van der Waals surface area contributed by atoms with E-state index in [0.717, 1.165) is 11.3 Å². The summed E-state index contributed by atoms with van der Waals surface area (Å²) in [7, 11) is 0. The summed E-state index contributed by atoms with van der Waals surface area (Å²) in [6.07, 6.45) is 1.64. The zero-order valence-electron chi connectivity index (χ0n) is 8.74. The van der Waals surface area contributed by atoms with Crippen LogP contribution in [-0.2, 0) is 6.54 Å². The normalized spacial score (nSPS) is 10.7. The van der Waals surface area contributed by atoms with E-state index < -0.39 is 0 Å². The Balaban J connectivity index is 2.27. The van der Waals surface area contributed by atoms with Crippen LogP contribution >= 0.6 is 23.2 Å². The molecule has 1 aromatic heterocycles. The second-order valence-corrected chi connectivity index (χ2v) is 4.41. The van der Waals surface area contributed by atoms with Gasteiger partial charge in [-0.25, -0.2) is 0 Å². The van der Waals surface area contributed by atoms with Gasteiger partial charge in [-0.15, -0.1) is 0 Å². The van der Waals surface area contributed by atoms with Gasteiger partial charge in [0.05, 0.1) is 34.2 Å². The fourth-order valence-electron chi connectivity index (χ4n) is 1.45. The van der Waals surface area contributed by atoms with E-state index in [-0.39, 0.29) is 0 Å². The maximum Gasteiger partial charge on any atom is 0.0815 e. The van der Waals surface area contributed by atoms with E-state index in [0.29, 0.717) is 22.3 Å². The lowest BCUT2D eigenvalue weighted by Crippen LogP contribution is -2.04. The third kappa shape index (κ3) is 2.15. The van der Waals surface area contributed by atoms with E-state index in [2.05, 4.69) is 5.10 Å². The first-order chi connectivity index (χ1) is 7.58. The van der Waals surface area contributed by atoms with Crippen LogP contribution in [-0.4, -0.2) is 9.78 Å². The lowest BCUT2D eigenvalue weighted by atomic mass is 10.2. The van der Waals surface area contributed by atoms with Crippen LogP contribution in [0, 0.1) is 6.92 Å². The van der Waals surface area contributed by atoms with Crippen LogP contribution in [0.3, 0.4) is 0 Å². The highest BCUT2D eigenvalue weighted by atomic mass is 35.5. The molecule has 0 aliphatic carbocycles. The Morgan fingerprint density at radius 3 is 2.62 bits per heavy atom. The van der Waals surface area contributed by atoms with E-state index in [1.807, 2.05) is 23.7 Å². The molecule has 0 spiro atoms. The summed E-state index contributed by atoms with van der Waals surface area (Å²) in [6, 6.07) is 5.55. The van der Waals surface area contributed by atoms with Crippen molar-refractivity contribution >= 4 is 28.9 Å². The lowest BCUT2D eigenvalue weighted by Gasteiger charge is -2.06. The SMILES string of the molecule is Cc1c(Cl)cnn1Cc1ccc(Cl)c(N)c1. The number of benzene rings is 1. The highest BCUT2D eigenvalue weighted by molar-refractivity contribution is 6.33. The molecule has 0 saturated carbocycles. The Morgan fingerprint density at radius 2 is 2.06 bits per heavy atom. The van der Waals surface area contributed by atoms with Crippen molar-refractivity contribution in [3.05, 3.63) is 45.7 Å². The van der Waals surface area contributed by atoms with Crippen molar-refractivity contribution < 1.29 is 0 Å². The van der Waals surface area contributed by atoms with Crippen molar-refractivity contribution in [1.29, 1.82) is 0 Å². The minimum atomic E-state index is 0.568. The van der Waals surface area contributed by atoms with Gasteiger partial charge in [-0.05, 0) is 24.6 Å². The molecule has 0 radical (unpaired) electrons. The number of rotatable bonds is 2. The lowest BCUT2D eigenvalue weighted by molar-refractivity contribution is 0.665. The van der Waals surface area contributed by atoms with Gasteiger partial charge in [0.15, 0.2) is 0 Å². The molecule has 84 valence electrons. The molecule has 0 aliphatic heterocycles. The van der Waals surface area contributed by atoms with Crippen molar-refractivity contribution in [1.82, 2.24) is 9.78 Å². The molecule has 0 atom stereocenters. The summed E-state index contributed by atoms with van der Waals surface area (Å²) in [5.41, 5.74) is 8.29. The molecule has 0 fully saturated rings. The van der Waals surface area contributed by atoms with Crippen molar-refractivity contribution in [2.24, 2.45) is 0 Å². The van der Waals surface area contributed by atoms with Crippen LogP contribution in [0.5, 0.6) is 0 Å². The topological polar surface area (TPSA) is 43.8 Å². The summed E-state index contributed by atoms with van der Waals surface area (Å²) >= 11 is 11.8. The number of hydrogen-bond acceptors (Lipinski definition) is 2. The molecule has 0 amide bonds. The molecular weight excluding hydrogens is 245 g/mol. The molecule has 2 rings (SSSR count). The van der Waals surface area contributed by atoms with Crippen LogP contribution in [0.2, 0.25) is 10.0 Å². The predicted molar refractivity (Wildman–Crippen MR) is 66.9 cm³/mol. The summed E-state index contributed by atoms with van der Waals surface area (Å²) in [5.74, 6) is 0. The number of aromatic nitrogens is 2. The quantitative estimate of drug-likeness (QED) is 0.839. The first kappa shape index (κ1) is 11.3. The van der Waals surface area contributed by atoms with E-state index in [1.54, 1.807) is 12.3 Å². The Hall–Kier alpha value is -1.19. The molecular formula is C11H11Cl2N3. The summed E-state index contributed by atoms with van der Waals surface area (Å²) in [4.78, 5) is 0. The maximum absolute atomic E-state index is 5.92. The number of halogens is 2. The third-order valence-corrected chi connectivity index (χ3v) is 3.15. The van der Waals surface area contributed by atoms with Crippen LogP contribution in [0.25, 0.3) is 0 Å². The van der Waals surface area contributed by atoms with Crippen LogP contribution in [0.4, 0.5) is 5.69 Å². The second kappa shape index (κ2) is 4.36. The fraction of sp³-hybridized carbons (Fsp3) is 0.182. The molecule has 0 unspecified atom stereocenters. The van der Waals surface area contributed by atoms with Gasteiger partial charge in [0, 0.05) is 0 Å². The molecule has 1 aromatic carbocycles. The van der Waals surface area contributed by atoms with Crippen molar-refractivity contribution in [2.75, 3.05) is 5.73 Å². The number of nitrogens with zero attached hydrogens (tertiary/aromatic N) is 2. The average molecular weight is 256 g/mol. The zero-order chi connectivity index (χ0) is 11.7. The Morgan fingerprint density at radius 1 is 1.31 bits per heavy atom. The Kier molecular flexibility index (Phi) is 3.08. The Bertz CT molecular complexity index is 520. The molecule has 0 bridgehead atoms. The predicted octanol–water partition coefficient (Wildman–Crippen LogP) is 3.13. The van der Waals surface area contributed by atoms with Gasteiger partial charge < -0.3 is 5.73 Å². The highest BCUT2D eigenvalue weighted by Crippen LogP contribution is 2.21. The number of nitrogen functional groups attached to an aromatic ring is 1. The van der Waals surface area contributed by atoms with Gasteiger partial charge in [0.1, 0.15) is 0 Å². The van der Waals surface area contributed by atoms with E-state index >= 15 is 0 Å². The largest absolute Gasteiger partial charge is 0.398 e. The van der Waals surface area contributed by atoms with Gasteiger partial charge in [-0.3, -0.25) is 4.68 Å². The average Bonchev–Trinajstić information content (AvgIpc) is 2.55. The molecule has 1 heterocycles. The smallest absolute Gasteiger partial charge is 0.0815 e. The first-order valence-corrected chi connectivity index (χ1v) is 5.55. The van der Waals surface area contributed by atoms with Crippen LogP contribution in [0.1, 0.15) is 11.3 Å². The van der Waals surface area contributed by atoms with Crippen molar-refractivity contribution in [3.63, 3.8) is 0 Å². The minimum absolute atomic E-state index is 0.568. The van der Waals surface area contributed by atoms with Gasteiger partial charge in [0.25, 0.3) is 0 Å². The third-order valence-electron chi connectivity index (χ3n) is 2.44. The molecule has 0 saturated heterocycles. The van der Waals surface area contributed by atoms with Gasteiger partial charge in [0.2, 0.25) is 0 Å². The fourth-order valence-corrected chi connectivity index (χ4v) is 1.71. The molecule has 2 aromatic rings. The zero-order valence-corrected chi connectivity index (χ0v) is 10.3. The van der Waals surface area contributed by atoms with Crippen molar-refractivity contribution in [2.45, 2.75) is 13.5 Å². The monoisotopic (exact) mass is 255 g/mol. The second-order valence-electron chi connectivity index (χ2n) is 3.59. The number of hydrogen-bond donors (Lipinski definition) is 1. The van der Waals surface area contributed by atoms with Crippen LogP contribution in [0.15, 0.2) is 24.4 Å².